The molecular formula is C14H15ClN2O2. The first-order valence-electron chi connectivity index (χ1n) is 5.93. The summed E-state index contributed by atoms with van der Waals surface area (Å²) in [6.45, 7) is 2.01. The summed E-state index contributed by atoms with van der Waals surface area (Å²) >= 11 is 6.13. The second kappa shape index (κ2) is 5.89. The summed E-state index contributed by atoms with van der Waals surface area (Å²) in [7, 11) is 3.25. The molecule has 0 amide bonds. The van der Waals surface area contributed by atoms with Crippen LogP contribution < -0.4 is 9.47 Å². The van der Waals surface area contributed by atoms with Crippen molar-refractivity contribution in [2.24, 2.45) is 0 Å². The Morgan fingerprint density at radius 1 is 1.16 bits per heavy atom. The zero-order chi connectivity index (χ0) is 13.8. The molecule has 1 heterocycles. The molecule has 0 bridgehead atoms. The van der Waals surface area contributed by atoms with E-state index in [1.54, 1.807) is 14.2 Å². The van der Waals surface area contributed by atoms with E-state index in [4.69, 9.17) is 21.1 Å². The fourth-order valence-corrected chi connectivity index (χ4v) is 2.20. The summed E-state index contributed by atoms with van der Waals surface area (Å²) < 4.78 is 10.6. The lowest BCUT2D eigenvalue weighted by Crippen LogP contribution is -1.98. The van der Waals surface area contributed by atoms with Crippen LogP contribution in [0.2, 0.25) is 5.15 Å². The lowest BCUT2D eigenvalue weighted by Gasteiger charge is -2.13. The minimum absolute atomic E-state index is 0.470. The molecule has 19 heavy (non-hydrogen) atoms. The predicted octanol–water partition coefficient (Wildman–Crippen LogP) is 3.38. The summed E-state index contributed by atoms with van der Waals surface area (Å²) in [5.74, 6) is 1.47. The lowest BCUT2D eigenvalue weighted by atomic mass is 10.0. The van der Waals surface area contributed by atoms with E-state index in [1.807, 2.05) is 25.1 Å². The van der Waals surface area contributed by atoms with Gasteiger partial charge < -0.3 is 9.47 Å². The molecule has 0 saturated carbocycles. The quantitative estimate of drug-likeness (QED) is 0.804. The van der Waals surface area contributed by atoms with E-state index in [2.05, 4.69) is 9.97 Å². The second-order valence-corrected chi connectivity index (χ2v) is 4.27. The topological polar surface area (TPSA) is 44.2 Å². The summed E-state index contributed by atoms with van der Waals surface area (Å²) in [5.41, 5.74) is 2.52. The average molecular weight is 279 g/mol. The molecule has 1 aromatic heterocycles. The van der Waals surface area contributed by atoms with Crippen molar-refractivity contribution in [1.29, 1.82) is 0 Å². The summed E-state index contributed by atoms with van der Waals surface area (Å²) in [5, 5.41) is 0.470. The fourth-order valence-electron chi connectivity index (χ4n) is 1.94. The number of ether oxygens (including phenoxy) is 2. The van der Waals surface area contributed by atoms with Crippen molar-refractivity contribution in [3.05, 3.63) is 35.2 Å². The van der Waals surface area contributed by atoms with Gasteiger partial charge in [0.2, 0.25) is 0 Å². The van der Waals surface area contributed by atoms with Gasteiger partial charge in [-0.05, 0) is 24.6 Å². The zero-order valence-corrected chi connectivity index (χ0v) is 11.9. The molecule has 0 saturated heterocycles. The smallest absolute Gasteiger partial charge is 0.136 e. The maximum atomic E-state index is 6.13. The first-order chi connectivity index (χ1) is 9.21. The molecule has 0 aliphatic carbocycles. The Morgan fingerprint density at radius 2 is 1.95 bits per heavy atom. The summed E-state index contributed by atoms with van der Waals surface area (Å²) in [4.78, 5) is 8.35. The van der Waals surface area contributed by atoms with Crippen LogP contribution in [-0.4, -0.2) is 24.2 Å². The highest BCUT2D eigenvalue weighted by Gasteiger charge is 2.15. The number of nitrogens with zero attached hydrogens (tertiary/aromatic N) is 2. The maximum Gasteiger partial charge on any atom is 0.136 e. The molecule has 4 nitrogen and oxygen atoms in total. The van der Waals surface area contributed by atoms with E-state index in [1.165, 1.54) is 6.33 Å². The van der Waals surface area contributed by atoms with Crippen molar-refractivity contribution >= 4 is 11.6 Å². The third-order valence-electron chi connectivity index (χ3n) is 2.91. The first kappa shape index (κ1) is 13.6. The Kier molecular flexibility index (Phi) is 4.22. The molecule has 0 unspecified atom stereocenters. The Hall–Kier alpha value is -1.81. The molecule has 0 radical (unpaired) electrons. The van der Waals surface area contributed by atoms with E-state index in [9.17, 15) is 0 Å². The number of methoxy groups -OCH3 is 2. The monoisotopic (exact) mass is 278 g/mol. The predicted molar refractivity (Wildman–Crippen MR) is 75.0 cm³/mol. The van der Waals surface area contributed by atoms with E-state index in [0.29, 0.717) is 5.15 Å². The van der Waals surface area contributed by atoms with E-state index in [-0.39, 0.29) is 0 Å². The molecule has 0 atom stereocenters. The van der Waals surface area contributed by atoms with Crippen LogP contribution in [0.3, 0.4) is 0 Å². The van der Waals surface area contributed by atoms with E-state index in [0.717, 1.165) is 34.7 Å². The number of halogens is 1. The third kappa shape index (κ3) is 2.63. The number of benzene rings is 1. The maximum absolute atomic E-state index is 6.13. The van der Waals surface area contributed by atoms with Gasteiger partial charge in [0, 0.05) is 11.1 Å². The van der Waals surface area contributed by atoms with Gasteiger partial charge >= 0.3 is 0 Å². The van der Waals surface area contributed by atoms with Crippen molar-refractivity contribution in [2.45, 2.75) is 13.3 Å². The molecule has 100 valence electrons. The minimum atomic E-state index is 0.470. The molecule has 0 aliphatic rings. The van der Waals surface area contributed by atoms with Crippen LogP contribution in [0.1, 0.15) is 12.5 Å². The molecule has 2 aromatic rings. The second-order valence-electron chi connectivity index (χ2n) is 3.91. The lowest BCUT2D eigenvalue weighted by molar-refractivity contribution is 0.404. The van der Waals surface area contributed by atoms with Crippen molar-refractivity contribution in [3.8, 4) is 22.8 Å². The molecule has 2 rings (SSSR count). The molecule has 0 aliphatic heterocycles. The molecule has 0 N–H and O–H groups in total. The fraction of sp³-hybridized carbons (Fsp3) is 0.286. The van der Waals surface area contributed by atoms with Crippen molar-refractivity contribution in [3.63, 3.8) is 0 Å². The van der Waals surface area contributed by atoms with Crippen LogP contribution in [0.5, 0.6) is 11.5 Å². The highest BCUT2D eigenvalue weighted by Crippen LogP contribution is 2.35. The molecule has 1 aromatic carbocycles. The minimum Gasteiger partial charge on any atom is -0.497 e. The molecule has 0 fully saturated rings. The van der Waals surface area contributed by atoms with Crippen molar-refractivity contribution in [2.75, 3.05) is 14.2 Å². The largest absolute Gasteiger partial charge is 0.497 e. The van der Waals surface area contributed by atoms with E-state index < -0.39 is 0 Å². The summed E-state index contributed by atoms with van der Waals surface area (Å²) in [6, 6.07) is 5.58. The van der Waals surface area contributed by atoms with Crippen LogP contribution in [0, 0.1) is 0 Å². The Morgan fingerprint density at radius 3 is 2.58 bits per heavy atom. The Bertz CT molecular complexity index is 588. The van der Waals surface area contributed by atoms with Gasteiger partial charge in [-0.25, -0.2) is 9.97 Å². The Balaban J connectivity index is 2.66. The van der Waals surface area contributed by atoms with E-state index >= 15 is 0 Å². The first-order valence-corrected chi connectivity index (χ1v) is 6.30. The molecule has 5 heteroatoms. The van der Waals surface area contributed by atoms with Gasteiger partial charge in [0.25, 0.3) is 0 Å². The van der Waals surface area contributed by atoms with Gasteiger partial charge in [0.05, 0.1) is 19.9 Å². The standard InChI is InChI=1S/C14H15ClN2O2/c1-4-10-13(16-8-17-14(10)15)11-7-9(18-2)5-6-12(11)19-3/h5-8H,4H2,1-3H3. The van der Waals surface area contributed by atoms with Gasteiger partial charge in [-0.1, -0.05) is 18.5 Å². The molecule has 0 spiro atoms. The highest BCUT2D eigenvalue weighted by molar-refractivity contribution is 6.30. The SMILES string of the molecule is CCc1c(Cl)ncnc1-c1cc(OC)ccc1OC. The zero-order valence-electron chi connectivity index (χ0n) is 11.1. The van der Waals surface area contributed by atoms with Crippen LogP contribution >= 0.6 is 11.6 Å². The van der Waals surface area contributed by atoms with Gasteiger partial charge in [-0.2, -0.15) is 0 Å². The highest BCUT2D eigenvalue weighted by atomic mass is 35.5. The number of hydrogen-bond acceptors (Lipinski definition) is 4. The number of hydrogen-bond donors (Lipinski definition) is 0. The third-order valence-corrected chi connectivity index (χ3v) is 3.23. The summed E-state index contributed by atoms with van der Waals surface area (Å²) in [6.07, 6.45) is 2.20. The number of rotatable bonds is 4. The van der Waals surface area contributed by atoms with Crippen LogP contribution in [0.25, 0.3) is 11.3 Å². The normalized spacial score (nSPS) is 10.3. The molecular weight excluding hydrogens is 264 g/mol. The van der Waals surface area contributed by atoms with Gasteiger partial charge in [0.15, 0.2) is 0 Å². The van der Waals surface area contributed by atoms with Crippen LogP contribution in [-0.2, 0) is 6.42 Å². The Labute approximate surface area is 117 Å². The van der Waals surface area contributed by atoms with Gasteiger partial charge in [-0.3, -0.25) is 0 Å². The van der Waals surface area contributed by atoms with Crippen LogP contribution in [0.4, 0.5) is 0 Å². The van der Waals surface area contributed by atoms with Gasteiger partial charge in [-0.15, -0.1) is 0 Å². The van der Waals surface area contributed by atoms with Crippen LogP contribution in [0.15, 0.2) is 24.5 Å². The van der Waals surface area contributed by atoms with Gasteiger partial charge in [0.1, 0.15) is 23.0 Å². The van der Waals surface area contributed by atoms with Crippen molar-refractivity contribution < 1.29 is 9.47 Å². The average Bonchev–Trinajstić information content (AvgIpc) is 2.46. The van der Waals surface area contributed by atoms with Crippen molar-refractivity contribution in [1.82, 2.24) is 9.97 Å². The number of aromatic nitrogens is 2.